The van der Waals surface area contributed by atoms with Crippen molar-refractivity contribution in [3.05, 3.63) is 18.2 Å². The summed E-state index contributed by atoms with van der Waals surface area (Å²) in [5.74, 6) is 3.59. The number of nitrogens with zero attached hydrogens (tertiary/aromatic N) is 2. The van der Waals surface area contributed by atoms with E-state index in [1.165, 1.54) is 19.3 Å². The second kappa shape index (κ2) is 3.88. The molecule has 88 valence electrons. The van der Waals surface area contributed by atoms with Crippen LogP contribution in [0.4, 0.5) is 0 Å². The van der Waals surface area contributed by atoms with E-state index in [2.05, 4.69) is 4.98 Å². The van der Waals surface area contributed by atoms with Gasteiger partial charge in [0.25, 0.3) is 0 Å². The minimum absolute atomic E-state index is 0.107. The van der Waals surface area contributed by atoms with Crippen molar-refractivity contribution in [3.63, 3.8) is 0 Å². The second-order valence-electron chi connectivity index (χ2n) is 5.55. The van der Waals surface area contributed by atoms with Crippen LogP contribution in [0.25, 0.3) is 0 Å². The molecule has 0 radical (unpaired) electrons. The molecule has 16 heavy (non-hydrogen) atoms. The smallest absolute Gasteiger partial charge is 0.108 e. The summed E-state index contributed by atoms with van der Waals surface area (Å²) in [6.07, 6.45) is 9.43. The topological polar surface area (TPSA) is 38.0 Å². The molecule has 3 unspecified atom stereocenters. The van der Waals surface area contributed by atoms with Crippen LogP contribution in [0.15, 0.2) is 12.4 Å². The fraction of sp³-hybridized carbons (Fsp3) is 0.769. The molecule has 3 heteroatoms. The number of imidazole rings is 1. The van der Waals surface area contributed by atoms with Crippen molar-refractivity contribution < 1.29 is 5.11 Å². The molecule has 2 saturated carbocycles. The maximum atomic E-state index is 10.1. The van der Waals surface area contributed by atoms with E-state index in [4.69, 9.17) is 0 Å². The van der Waals surface area contributed by atoms with Crippen molar-refractivity contribution in [2.24, 2.45) is 24.8 Å². The fourth-order valence-corrected chi connectivity index (χ4v) is 3.23. The van der Waals surface area contributed by atoms with Crippen LogP contribution < -0.4 is 0 Å². The van der Waals surface area contributed by atoms with Crippen LogP contribution in [0.5, 0.6) is 0 Å². The molecule has 2 fully saturated rings. The molecule has 3 rings (SSSR count). The quantitative estimate of drug-likeness (QED) is 0.839. The van der Waals surface area contributed by atoms with E-state index in [0.717, 1.165) is 30.5 Å². The first-order valence-corrected chi connectivity index (χ1v) is 6.38. The molecule has 0 spiro atoms. The van der Waals surface area contributed by atoms with Crippen molar-refractivity contribution in [2.75, 3.05) is 0 Å². The van der Waals surface area contributed by atoms with Gasteiger partial charge < -0.3 is 9.67 Å². The highest BCUT2D eigenvalue weighted by atomic mass is 16.3. The van der Waals surface area contributed by atoms with E-state index in [0.29, 0.717) is 5.92 Å². The largest absolute Gasteiger partial charge is 0.393 e. The van der Waals surface area contributed by atoms with Gasteiger partial charge in [0.1, 0.15) is 5.82 Å². The third-order valence-electron chi connectivity index (χ3n) is 4.41. The van der Waals surface area contributed by atoms with E-state index < -0.39 is 0 Å². The number of hydrogen-bond donors (Lipinski definition) is 1. The number of aryl methyl sites for hydroxylation is 2. The molecule has 1 heterocycles. The Balaban J connectivity index is 1.49. The van der Waals surface area contributed by atoms with Gasteiger partial charge in [-0.3, -0.25) is 0 Å². The Bertz CT molecular complexity index is 364. The molecule has 0 bridgehead atoms. The minimum atomic E-state index is -0.107. The highest BCUT2D eigenvalue weighted by Gasteiger charge is 2.47. The van der Waals surface area contributed by atoms with Crippen LogP contribution in [0.3, 0.4) is 0 Å². The van der Waals surface area contributed by atoms with E-state index in [-0.39, 0.29) is 6.10 Å². The average molecular weight is 220 g/mol. The van der Waals surface area contributed by atoms with Gasteiger partial charge in [0.15, 0.2) is 0 Å². The Morgan fingerprint density at radius 2 is 2.19 bits per heavy atom. The lowest BCUT2D eigenvalue weighted by molar-refractivity contribution is 0.0948. The van der Waals surface area contributed by atoms with Gasteiger partial charge in [0.05, 0.1) is 6.10 Å². The summed E-state index contributed by atoms with van der Waals surface area (Å²) in [6.45, 7) is 0. The normalized spacial score (nSPS) is 33.8. The molecule has 3 nitrogen and oxygen atoms in total. The van der Waals surface area contributed by atoms with E-state index in [1.54, 1.807) is 0 Å². The lowest BCUT2D eigenvalue weighted by Crippen LogP contribution is -2.20. The first-order valence-electron chi connectivity index (χ1n) is 6.38. The van der Waals surface area contributed by atoms with Gasteiger partial charge in [0, 0.05) is 25.9 Å². The van der Waals surface area contributed by atoms with Crippen molar-refractivity contribution in [1.29, 1.82) is 0 Å². The van der Waals surface area contributed by atoms with Crippen LogP contribution in [0, 0.1) is 17.8 Å². The Hall–Kier alpha value is -0.830. The minimum Gasteiger partial charge on any atom is -0.393 e. The third kappa shape index (κ3) is 1.88. The highest BCUT2D eigenvalue weighted by Crippen LogP contribution is 2.55. The van der Waals surface area contributed by atoms with E-state index in [1.807, 2.05) is 24.0 Å². The molecule has 1 aromatic heterocycles. The molecular formula is C13H20N2O. The summed E-state index contributed by atoms with van der Waals surface area (Å²) < 4.78 is 2.04. The van der Waals surface area contributed by atoms with Crippen molar-refractivity contribution in [3.8, 4) is 0 Å². The van der Waals surface area contributed by atoms with Gasteiger partial charge in [-0.05, 0) is 43.4 Å². The number of aliphatic hydroxyl groups excluding tert-OH is 1. The Morgan fingerprint density at radius 1 is 1.44 bits per heavy atom. The van der Waals surface area contributed by atoms with Crippen LogP contribution in [-0.4, -0.2) is 20.8 Å². The summed E-state index contributed by atoms with van der Waals surface area (Å²) in [7, 11) is 2.01. The van der Waals surface area contributed by atoms with Gasteiger partial charge >= 0.3 is 0 Å². The molecule has 0 aliphatic heterocycles. The van der Waals surface area contributed by atoms with Gasteiger partial charge in [-0.25, -0.2) is 4.98 Å². The maximum absolute atomic E-state index is 10.1. The SMILES string of the molecule is Cn1ccnc1CCC(O)C1CC2CC2C1. The number of rotatable bonds is 4. The van der Waals surface area contributed by atoms with Crippen LogP contribution in [0.2, 0.25) is 0 Å². The van der Waals surface area contributed by atoms with E-state index in [9.17, 15) is 5.11 Å². The van der Waals surface area contributed by atoms with Crippen LogP contribution >= 0.6 is 0 Å². The third-order valence-corrected chi connectivity index (χ3v) is 4.41. The molecule has 0 amide bonds. The zero-order chi connectivity index (χ0) is 11.1. The average Bonchev–Trinajstić information content (AvgIpc) is 2.71. The highest BCUT2D eigenvalue weighted by molar-refractivity contribution is 4.98. The molecule has 3 atom stereocenters. The van der Waals surface area contributed by atoms with Gasteiger partial charge in [-0.2, -0.15) is 0 Å². The van der Waals surface area contributed by atoms with E-state index >= 15 is 0 Å². The molecule has 0 saturated heterocycles. The monoisotopic (exact) mass is 220 g/mol. The Kier molecular flexibility index (Phi) is 2.51. The molecule has 2 aliphatic carbocycles. The maximum Gasteiger partial charge on any atom is 0.108 e. The number of aromatic nitrogens is 2. The molecular weight excluding hydrogens is 200 g/mol. The first kappa shape index (κ1) is 10.3. The van der Waals surface area contributed by atoms with Crippen LogP contribution in [0.1, 0.15) is 31.5 Å². The number of hydrogen-bond acceptors (Lipinski definition) is 2. The molecule has 1 N–H and O–H groups in total. The van der Waals surface area contributed by atoms with Gasteiger partial charge in [0.2, 0.25) is 0 Å². The zero-order valence-electron chi connectivity index (χ0n) is 9.84. The lowest BCUT2D eigenvalue weighted by Gasteiger charge is -2.19. The fourth-order valence-electron chi connectivity index (χ4n) is 3.23. The predicted octanol–water partition coefficient (Wildman–Crippen LogP) is 1.76. The van der Waals surface area contributed by atoms with Crippen molar-refractivity contribution in [1.82, 2.24) is 9.55 Å². The van der Waals surface area contributed by atoms with Gasteiger partial charge in [-0.15, -0.1) is 0 Å². The van der Waals surface area contributed by atoms with Crippen LogP contribution in [-0.2, 0) is 13.5 Å². The first-order chi connectivity index (χ1) is 7.74. The van der Waals surface area contributed by atoms with Crippen molar-refractivity contribution in [2.45, 2.75) is 38.2 Å². The summed E-state index contributed by atoms with van der Waals surface area (Å²) in [5, 5.41) is 10.1. The summed E-state index contributed by atoms with van der Waals surface area (Å²) in [6, 6.07) is 0. The number of aliphatic hydroxyl groups is 1. The Labute approximate surface area is 96.5 Å². The number of fused-ring (bicyclic) bond motifs is 1. The molecule has 2 aliphatic rings. The lowest BCUT2D eigenvalue weighted by atomic mass is 9.93. The standard InChI is InChI=1S/C13H20N2O/c1-15-5-4-14-13(15)3-2-12(16)11-7-9-6-10(9)8-11/h4-5,9-12,16H,2-3,6-8H2,1H3. The predicted molar refractivity (Wildman–Crippen MR) is 61.9 cm³/mol. The Morgan fingerprint density at radius 3 is 2.81 bits per heavy atom. The zero-order valence-corrected chi connectivity index (χ0v) is 9.84. The van der Waals surface area contributed by atoms with Crippen molar-refractivity contribution >= 4 is 0 Å². The summed E-state index contributed by atoms with van der Waals surface area (Å²) in [5.41, 5.74) is 0. The molecule has 1 aromatic rings. The second-order valence-corrected chi connectivity index (χ2v) is 5.55. The van der Waals surface area contributed by atoms with Gasteiger partial charge in [-0.1, -0.05) is 0 Å². The summed E-state index contributed by atoms with van der Waals surface area (Å²) in [4.78, 5) is 4.29. The molecule has 0 aromatic carbocycles. The summed E-state index contributed by atoms with van der Waals surface area (Å²) >= 11 is 0.